The Balaban J connectivity index is 1.74. The van der Waals surface area contributed by atoms with Gasteiger partial charge in [0.25, 0.3) is 5.91 Å². The van der Waals surface area contributed by atoms with Gasteiger partial charge in [0.05, 0.1) is 36.0 Å². The number of nitrogens with zero attached hydrogens (tertiary/aromatic N) is 5. The Bertz CT molecular complexity index is 1200. The molecule has 0 fully saturated rings. The third kappa shape index (κ3) is 3.76. The zero-order chi connectivity index (χ0) is 21.3. The number of rotatable bonds is 6. The van der Waals surface area contributed by atoms with Crippen molar-refractivity contribution in [3.63, 3.8) is 0 Å². The molecule has 0 spiro atoms. The summed E-state index contributed by atoms with van der Waals surface area (Å²) in [5, 5.41) is 12.5. The molecule has 1 aromatic carbocycles. The van der Waals surface area contributed by atoms with Crippen molar-refractivity contribution >= 4 is 16.9 Å². The number of ether oxygens (including phenoxy) is 1. The van der Waals surface area contributed by atoms with Crippen molar-refractivity contribution < 1.29 is 9.53 Å². The molecule has 3 aromatic heterocycles. The van der Waals surface area contributed by atoms with Crippen LogP contribution in [0.5, 0.6) is 5.75 Å². The zero-order valence-electron chi connectivity index (χ0n) is 17.5. The Hall–Kier alpha value is -3.68. The highest BCUT2D eigenvalue weighted by Crippen LogP contribution is 2.28. The van der Waals surface area contributed by atoms with E-state index in [-0.39, 0.29) is 11.9 Å². The lowest BCUT2D eigenvalue weighted by Gasteiger charge is -2.15. The van der Waals surface area contributed by atoms with Gasteiger partial charge in [-0.2, -0.15) is 10.2 Å². The van der Waals surface area contributed by atoms with E-state index < -0.39 is 0 Å². The van der Waals surface area contributed by atoms with Crippen molar-refractivity contribution in [2.45, 2.75) is 26.4 Å². The largest absolute Gasteiger partial charge is 0.497 e. The number of hydrogen-bond donors (Lipinski definition) is 1. The number of benzene rings is 1. The van der Waals surface area contributed by atoms with Gasteiger partial charge in [-0.05, 0) is 38.1 Å². The first-order valence-electron chi connectivity index (χ1n) is 9.73. The molecule has 30 heavy (non-hydrogen) atoms. The smallest absolute Gasteiger partial charge is 0.252 e. The van der Waals surface area contributed by atoms with E-state index in [2.05, 4.69) is 15.5 Å². The first kappa shape index (κ1) is 19.6. The van der Waals surface area contributed by atoms with Gasteiger partial charge in [0.15, 0.2) is 5.65 Å². The monoisotopic (exact) mass is 404 g/mol. The number of aromatic nitrogens is 5. The first-order chi connectivity index (χ1) is 14.5. The molecule has 154 valence electrons. The highest BCUT2D eigenvalue weighted by atomic mass is 16.5. The van der Waals surface area contributed by atoms with Gasteiger partial charge in [0.1, 0.15) is 5.75 Å². The van der Waals surface area contributed by atoms with Crippen LogP contribution in [0.2, 0.25) is 0 Å². The average Bonchev–Trinajstić information content (AvgIpc) is 3.35. The van der Waals surface area contributed by atoms with Gasteiger partial charge in [0.2, 0.25) is 0 Å². The Morgan fingerprint density at radius 1 is 1.27 bits per heavy atom. The molecule has 1 N–H and O–H groups in total. The molecular weight excluding hydrogens is 380 g/mol. The third-order valence-corrected chi connectivity index (χ3v) is 4.98. The highest BCUT2D eigenvalue weighted by Gasteiger charge is 2.20. The maximum atomic E-state index is 13.2. The summed E-state index contributed by atoms with van der Waals surface area (Å²) >= 11 is 0. The third-order valence-electron chi connectivity index (χ3n) is 4.98. The van der Waals surface area contributed by atoms with Crippen LogP contribution in [-0.2, 0) is 13.6 Å². The minimum Gasteiger partial charge on any atom is -0.497 e. The lowest BCUT2D eigenvalue weighted by atomic mass is 10.0. The fourth-order valence-corrected chi connectivity index (χ4v) is 3.59. The second-order valence-electron chi connectivity index (χ2n) is 7.30. The van der Waals surface area contributed by atoms with Gasteiger partial charge < -0.3 is 10.1 Å². The van der Waals surface area contributed by atoms with Crippen LogP contribution in [-0.4, -0.2) is 43.6 Å². The molecule has 0 aliphatic heterocycles. The van der Waals surface area contributed by atoms with E-state index in [1.54, 1.807) is 22.7 Å². The van der Waals surface area contributed by atoms with Crippen LogP contribution in [0, 0.1) is 6.92 Å². The number of carbonyl (C=O) groups excluding carboxylic acids is 1. The first-order valence-corrected chi connectivity index (χ1v) is 9.73. The van der Waals surface area contributed by atoms with E-state index in [4.69, 9.17) is 9.72 Å². The normalized spacial score (nSPS) is 12.1. The Morgan fingerprint density at radius 2 is 2.10 bits per heavy atom. The molecule has 0 unspecified atom stereocenters. The molecule has 8 heteroatoms. The average molecular weight is 404 g/mol. The van der Waals surface area contributed by atoms with E-state index in [1.165, 1.54) is 0 Å². The summed E-state index contributed by atoms with van der Waals surface area (Å²) in [6, 6.07) is 11.2. The minimum absolute atomic E-state index is 0.0992. The van der Waals surface area contributed by atoms with Gasteiger partial charge in [-0.3, -0.25) is 14.2 Å². The Kier molecular flexibility index (Phi) is 5.22. The lowest BCUT2D eigenvalue weighted by Crippen LogP contribution is -2.36. The molecule has 0 saturated heterocycles. The predicted molar refractivity (Wildman–Crippen MR) is 114 cm³/mol. The van der Waals surface area contributed by atoms with E-state index in [0.29, 0.717) is 23.4 Å². The van der Waals surface area contributed by atoms with Crippen molar-refractivity contribution in [3.8, 4) is 17.0 Å². The van der Waals surface area contributed by atoms with Gasteiger partial charge in [-0.1, -0.05) is 12.1 Å². The van der Waals surface area contributed by atoms with E-state index >= 15 is 0 Å². The molecule has 4 rings (SSSR count). The summed E-state index contributed by atoms with van der Waals surface area (Å²) in [6.07, 6.45) is 3.60. The molecule has 0 saturated carbocycles. The molecule has 0 radical (unpaired) electrons. The topological polar surface area (TPSA) is 86.9 Å². The van der Waals surface area contributed by atoms with Crippen molar-refractivity contribution in [1.82, 2.24) is 29.9 Å². The van der Waals surface area contributed by atoms with Crippen molar-refractivity contribution in [3.05, 3.63) is 60.0 Å². The number of amides is 1. The summed E-state index contributed by atoms with van der Waals surface area (Å²) < 4.78 is 8.84. The lowest BCUT2D eigenvalue weighted by molar-refractivity contribution is 0.0937. The Labute approximate surface area is 174 Å². The number of aryl methyl sites for hydroxylation is 2. The SMILES string of the molecule is COc1cccc(-c2cc(C(=O)N[C@@H](C)Cn3cccn3)c3c(C)nn(C)c3n2)c1. The standard InChI is InChI=1S/C22H24N6O2/c1-14(13-28-10-6-9-23-28)24-22(29)18-12-19(16-7-5-8-17(11-16)30-4)25-21-20(18)15(2)26-27(21)3/h5-12,14H,13H2,1-4H3,(H,24,29)/t14-/m0/s1. The second kappa shape index (κ2) is 7.98. The number of methoxy groups -OCH3 is 1. The molecule has 3 heterocycles. The van der Waals surface area contributed by atoms with E-state index in [1.807, 2.05) is 63.5 Å². The maximum absolute atomic E-state index is 13.2. The number of nitrogens with one attached hydrogen (secondary N) is 1. The second-order valence-corrected chi connectivity index (χ2v) is 7.30. The fraction of sp³-hybridized carbons (Fsp3) is 0.273. The summed E-state index contributed by atoms with van der Waals surface area (Å²) in [5.74, 6) is 0.566. The van der Waals surface area contributed by atoms with Crippen LogP contribution < -0.4 is 10.1 Å². The van der Waals surface area contributed by atoms with E-state index in [9.17, 15) is 4.79 Å². The zero-order valence-corrected chi connectivity index (χ0v) is 17.5. The summed E-state index contributed by atoms with van der Waals surface area (Å²) in [4.78, 5) is 18.0. The highest BCUT2D eigenvalue weighted by molar-refractivity contribution is 6.07. The van der Waals surface area contributed by atoms with Crippen molar-refractivity contribution in [1.29, 1.82) is 0 Å². The summed E-state index contributed by atoms with van der Waals surface area (Å²) in [5.41, 5.74) is 3.54. The molecule has 0 aliphatic rings. The summed E-state index contributed by atoms with van der Waals surface area (Å²) in [6.45, 7) is 4.43. The maximum Gasteiger partial charge on any atom is 0.252 e. The van der Waals surface area contributed by atoms with Crippen LogP contribution in [0.25, 0.3) is 22.3 Å². The van der Waals surface area contributed by atoms with Crippen molar-refractivity contribution in [2.24, 2.45) is 7.05 Å². The molecule has 1 amide bonds. The number of fused-ring (bicyclic) bond motifs is 1. The quantitative estimate of drug-likeness (QED) is 0.534. The molecule has 4 aromatic rings. The Morgan fingerprint density at radius 3 is 2.83 bits per heavy atom. The molecule has 8 nitrogen and oxygen atoms in total. The van der Waals surface area contributed by atoms with Crippen molar-refractivity contribution in [2.75, 3.05) is 7.11 Å². The molecular formula is C22H24N6O2. The van der Waals surface area contributed by atoms with Gasteiger partial charge in [-0.25, -0.2) is 4.98 Å². The van der Waals surface area contributed by atoms with Crippen LogP contribution in [0.15, 0.2) is 48.8 Å². The number of pyridine rings is 1. The molecule has 1 atom stereocenters. The van der Waals surface area contributed by atoms with E-state index in [0.717, 1.165) is 22.4 Å². The van der Waals surface area contributed by atoms with Gasteiger partial charge in [-0.15, -0.1) is 0 Å². The van der Waals surface area contributed by atoms with Crippen LogP contribution in [0.1, 0.15) is 23.0 Å². The predicted octanol–water partition coefficient (Wildman–Crippen LogP) is 2.97. The fourth-order valence-electron chi connectivity index (χ4n) is 3.59. The summed E-state index contributed by atoms with van der Waals surface area (Å²) in [7, 11) is 3.46. The van der Waals surface area contributed by atoms with Crippen LogP contribution in [0.3, 0.4) is 0 Å². The molecule has 0 bridgehead atoms. The van der Waals surface area contributed by atoms with Crippen LogP contribution in [0.4, 0.5) is 0 Å². The van der Waals surface area contributed by atoms with Gasteiger partial charge >= 0.3 is 0 Å². The number of hydrogen-bond acceptors (Lipinski definition) is 5. The van der Waals surface area contributed by atoms with Gasteiger partial charge in [0, 0.05) is 31.0 Å². The minimum atomic E-state index is -0.165. The number of carbonyl (C=O) groups is 1. The van der Waals surface area contributed by atoms with Crippen LogP contribution >= 0.6 is 0 Å². The molecule has 0 aliphatic carbocycles.